The molecule has 0 radical (unpaired) electrons. The van der Waals surface area contributed by atoms with Crippen LogP contribution in [0.4, 0.5) is 0 Å². The van der Waals surface area contributed by atoms with Gasteiger partial charge in [-0.05, 0) is 34.0 Å². The van der Waals surface area contributed by atoms with Gasteiger partial charge in [-0.1, -0.05) is 12.2 Å². The summed E-state index contributed by atoms with van der Waals surface area (Å²) in [5.74, 6) is -5.84. The van der Waals surface area contributed by atoms with E-state index in [2.05, 4.69) is 0 Å². The molecule has 24 heavy (non-hydrogen) atoms. The van der Waals surface area contributed by atoms with Crippen LogP contribution >= 0.6 is 0 Å². The van der Waals surface area contributed by atoms with Crippen molar-refractivity contribution in [1.29, 1.82) is 0 Å². The van der Waals surface area contributed by atoms with E-state index in [1.165, 1.54) is 12.2 Å². The van der Waals surface area contributed by atoms with Crippen molar-refractivity contribution in [2.75, 3.05) is 0 Å². The number of rotatable bonds is 4. The van der Waals surface area contributed by atoms with E-state index in [0.717, 1.165) is 12.1 Å². The fraction of sp³-hybridized carbons (Fsp3) is 0. The minimum Gasteiger partial charge on any atom is -0.478 e. The average Bonchev–Trinajstić information content (AvgIpc) is 2.91. The molecule has 0 bridgehead atoms. The van der Waals surface area contributed by atoms with Gasteiger partial charge in [-0.15, -0.1) is 0 Å². The molecule has 2 aromatic rings. The van der Waals surface area contributed by atoms with Gasteiger partial charge >= 0.3 is 23.9 Å². The molecule has 0 saturated carbocycles. The van der Waals surface area contributed by atoms with E-state index in [4.69, 9.17) is 0 Å². The van der Waals surface area contributed by atoms with Crippen LogP contribution in [0.2, 0.25) is 0 Å². The van der Waals surface area contributed by atoms with Crippen molar-refractivity contribution in [2.45, 2.75) is 0 Å². The number of aromatic carboxylic acids is 4. The first kappa shape index (κ1) is 15.2. The van der Waals surface area contributed by atoms with Crippen LogP contribution in [0.1, 0.15) is 52.6 Å². The highest BCUT2D eigenvalue weighted by Crippen LogP contribution is 2.39. The maximum atomic E-state index is 11.5. The first-order chi connectivity index (χ1) is 11.2. The summed E-state index contributed by atoms with van der Waals surface area (Å²) in [4.78, 5) is 45.7. The molecule has 8 nitrogen and oxygen atoms in total. The molecule has 0 aliphatic heterocycles. The molecule has 8 heteroatoms. The second-order valence-corrected chi connectivity index (χ2v) is 5.07. The lowest BCUT2D eigenvalue weighted by molar-refractivity contribution is 0.0651. The van der Waals surface area contributed by atoms with E-state index in [1.54, 1.807) is 0 Å². The Labute approximate surface area is 132 Å². The van der Waals surface area contributed by atoms with Crippen molar-refractivity contribution >= 4 is 46.8 Å². The van der Waals surface area contributed by atoms with Crippen LogP contribution < -0.4 is 0 Å². The third-order valence-electron chi connectivity index (χ3n) is 3.83. The standard InChI is InChI=1S/C16H8O8/c17-13(18)8-4-9(14(19)20)7-3-10(15(21)22)12(16(23)24)6-2-1-5(8)11(6)7/h1-4H,(H,17,18)(H,19,20)(H,21,22)(H,23,24). The van der Waals surface area contributed by atoms with Gasteiger partial charge in [-0.25, -0.2) is 19.2 Å². The van der Waals surface area contributed by atoms with E-state index in [1.807, 2.05) is 0 Å². The maximum absolute atomic E-state index is 11.5. The van der Waals surface area contributed by atoms with Crippen LogP contribution in [-0.2, 0) is 0 Å². The van der Waals surface area contributed by atoms with Gasteiger partial charge in [0.15, 0.2) is 0 Å². The van der Waals surface area contributed by atoms with Crippen molar-refractivity contribution < 1.29 is 39.6 Å². The number of hydrogen-bond acceptors (Lipinski definition) is 4. The molecule has 0 atom stereocenters. The van der Waals surface area contributed by atoms with Gasteiger partial charge in [0.2, 0.25) is 0 Å². The molecule has 2 aromatic carbocycles. The Hall–Kier alpha value is -3.68. The molecule has 4 N–H and O–H groups in total. The maximum Gasteiger partial charge on any atom is 0.337 e. The van der Waals surface area contributed by atoms with Crippen molar-refractivity contribution in [3.63, 3.8) is 0 Å². The predicted octanol–water partition coefficient (Wildman–Crippen LogP) is 2.12. The van der Waals surface area contributed by atoms with Crippen molar-refractivity contribution in [1.82, 2.24) is 0 Å². The molecule has 0 aromatic heterocycles. The first-order valence-electron chi connectivity index (χ1n) is 6.53. The van der Waals surface area contributed by atoms with Crippen molar-refractivity contribution in [3.8, 4) is 0 Å². The molecule has 1 aliphatic carbocycles. The summed E-state index contributed by atoms with van der Waals surface area (Å²) in [6.45, 7) is 0. The van der Waals surface area contributed by atoms with E-state index in [-0.39, 0.29) is 27.5 Å². The minimum absolute atomic E-state index is 0.0157. The monoisotopic (exact) mass is 328 g/mol. The molecular weight excluding hydrogens is 320 g/mol. The van der Waals surface area contributed by atoms with E-state index in [9.17, 15) is 39.6 Å². The minimum atomic E-state index is -1.52. The van der Waals surface area contributed by atoms with Gasteiger partial charge in [-0.3, -0.25) is 0 Å². The van der Waals surface area contributed by atoms with Gasteiger partial charge < -0.3 is 20.4 Å². The van der Waals surface area contributed by atoms with Crippen LogP contribution in [0.5, 0.6) is 0 Å². The first-order valence-corrected chi connectivity index (χ1v) is 6.53. The molecule has 0 amide bonds. The largest absolute Gasteiger partial charge is 0.478 e. The molecule has 0 fully saturated rings. The lowest BCUT2D eigenvalue weighted by Gasteiger charge is -2.13. The molecule has 0 heterocycles. The van der Waals surface area contributed by atoms with Crippen molar-refractivity contribution in [3.05, 3.63) is 45.5 Å². The summed E-state index contributed by atoms with van der Waals surface area (Å²) < 4.78 is 0. The normalized spacial score (nSPS) is 11.7. The quantitative estimate of drug-likeness (QED) is 0.569. The summed E-state index contributed by atoms with van der Waals surface area (Å²) in [5, 5.41) is 37.3. The highest BCUT2D eigenvalue weighted by atomic mass is 16.4. The fourth-order valence-electron chi connectivity index (χ4n) is 2.90. The zero-order valence-corrected chi connectivity index (χ0v) is 11.7. The Morgan fingerprint density at radius 2 is 1.17 bits per heavy atom. The molecule has 0 unspecified atom stereocenters. The number of carboxylic acids is 4. The lowest BCUT2D eigenvalue weighted by Crippen LogP contribution is -2.12. The number of carboxylic acid groups (broad SMARTS) is 4. The van der Waals surface area contributed by atoms with Crippen molar-refractivity contribution in [2.24, 2.45) is 0 Å². The summed E-state index contributed by atoms with van der Waals surface area (Å²) >= 11 is 0. The fourth-order valence-corrected chi connectivity index (χ4v) is 2.90. The Bertz CT molecular complexity index is 1010. The summed E-state index contributed by atoms with van der Waals surface area (Å²) in [6, 6.07) is 1.89. The van der Waals surface area contributed by atoms with E-state index < -0.39 is 40.6 Å². The second-order valence-electron chi connectivity index (χ2n) is 5.07. The molecule has 0 spiro atoms. The SMILES string of the molecule is O=C(O)c1cc2c(C(=O)O)cc(C(=O)O)c3c2c(c1C(=O)O)C=C3. The van der Waals surface area contributed by atoms with Crippen LogP contribution in [0.25, 0.3) is 22.9 Å². The van der Waals surface area contributed by atoms with Crippen LogP contribution in [0.3, 0.4) is 0 Å². The third kappa shape index (κ3) is 1.93. The van der Waals surface area contributed by atoms with Gasteiger partial charge in [0.25, 0.3) is 0 Å². The summed E-state index contributed by atoms with van der Waals surface area (Å²) in [6.07, 6.45) is 2.62. The van der Waals surface area contributed by atoms with Crippen LogP contribution in [0, 0.1) is 0 Å². The summed E-state index contributed by atoms with van der Waals surface area (Å²) in [5.41, 5.74) is -1.64. The molecule has 0 saturated heterocycles. The van der Waals surface area contributed by atoms with E-state index in [0.29, 0.717) is 0 Å². The smallest absolute Gasteiger partial charge is 0.337 e. The zero-order chi connectivity index (χ0) is 17.8. The number of hydrogen-bond donors (Lipinski definition) is 4. The topological polar surface area (TPSA) is 149 Å². The Morgan fingerprint density at radius 3 is 1.67 bits per heavy atom. The highest BCUT2D eigenvalue weighted by molar-refractivity contribution is 6.21. The molecule has 120 valence electrons. The number of carbonyl (C=O) groups is 4. The zero-order valence-electron chi connectivity index (χ0n) is 11.7. The van der Waals surface area contributed by atoms with Gasteiger partial charge in [0.05, 0.1) is 22.3 Å². The second kappa shape index (κ2) is 4.92. The van der Waals surface area contributed by atoms with Gasteiger partial charge in [-0.2, -0.15) is 0 Å². The number of benzene rings is 2. The Morgan fingerprint density at radius 1 is 0.625 bits per heavy atom. The molecule has 3 rings (SSSR count). The van der Waals surface area contributed by atoms with Gasteiger partial charge in [0.1, 0.15) is 0 Å². The average molecular weight is 328 g/mol. The highest BCUT2D eigenvalue weighted by Gasteiger charge is 2.29. The summed E-state index contributed by atoms with van der Waals surface area (Å²) in [7, 11) is 0. The molecular formula is C16H8O8. The Kier molecular flexibility index (Phi) is 3.12. The van der Waals surface area contributed by atoms with E-state index >= 15 is 0 Å². The molecule has 1 aliphatic rings. The third-order valence-corrected chi connectivity index (χ3v) is 3.83. The van der Waals surface area contributed by atoms with Gasteiger partial charge in [0, 0.05) is 0 Å². The van der Waals surface area contributed by atoms with Crippen LogP contribution in [0.15, 0.2) is 12.1 Å². The lowest BCUT2D eigenvalue weighted by atomic mass is 9.90. The predicted molar refractivity (Wildman–Crippen MR) is 80.7 cm³/mol. The van der Waals surface area contributed by atoms with Crippen LogP contribution in [-0.4, -0.2) is 44.3 Å². The Balaban J connectivity index is 2.62.